The van der Waals surface area contributed by atoms with Crippen LogP contribution in [0.3, 0.4) is 0 Å². The number of alkyl halides is 12. The van der Waals surface area contributed by atoms with E-state index in [1.807, 2.05) is 89.8 Å². The summed E-state index contributed by atoms with van der Waals surface area (Å²) in [5.74, 6) is 6.09. The van der Waals surface area contributed by atoms with Crippen LogP contribution in [0, 0.1) is 51.4 Å². The van der Waals surface area contributed by atoms with E-state index in [4.69, 9.17) is 19.3 Å². The number of aliphatic hydroxyl groups is 2. The van der Waals surface area contributed by atoms with Crippen molar-refractivity contribution in [2.24, 2.45) is 0 Å². The zero-order valence-electron chi connectivity index (χ0n) is 46.0. The summed E-state index contributed by atoms with van der Waals surface area (Å²) >= 11 is 0. The number of halogens is 12. The van der Waals surface area contributed by atoms with Gasteiger partial charge in [0.15, 0.2) is 0 Å². The zero-order chi connectivity index (χ0) is 60.7. The van der Waals surface area contributed by atoms with Crippen LogP contribution in [0.25, 0.3) is 0 Å². The summed E-state index contributed by atoms with van der Waals surface area (Å²) in [6.45, 7) is 17.8. The first-order chi connectivity index (χ1) is 37.1. The molecule has 0 radical (unpaired) electrons. The Hall–Kier alpha value is -6.38. The predicted octanol–water partition coefficient (Wildman–Crippen LogP) is 15.0. The van der Waals surface area contributed by atoms with E-state index in [9.17, 15) is 72.5 Å². The maximum Gasteiger partial charge on any atom is 0.438 e. The van der Waals surface area contributed by atoms with Crippen LogP contribution in [0.4, 0.5) is 52.7 Å². The molecular formula is C60H68F12O8. The van der Waals surface area contributed by atoms with Gasteiger partial charge in [-0.1, -0.05) is 88.1 Å². The summed E-state index contributed by atoms with van der Waals surface area (Å²) in [7, 11) is 0. The van der Waals surface area contributed by atoms with Gasteiger partial charge in [-0.25, -0.2) is 0 Å². The summed E-state index contributed by atoms with van der Waals surface area (Å²) in [4.78, 5) is 22.1. The second kappa shape index (κ2) is 27.9. The number of hydrogen-bond acceptors (Lipinski definition) is 7. The smallest absolute Gasteiger partial charge is 0.438 e. The molecule has 20 heteroatoms. The van der Waals surface area contributed by atoms with Gasteiger partial charge in [-0.05, 0) is 167 Å². The Labute approximate surface area is 459 Å². The lowest BCUT2D eigenvalue weighted by Crippen LogP contribution is -2.55. The maximum atomic E-state index is 13.0. The maximum absolute atomic E-state index is 13.0. The molecule has 0 bridgehead atoms. The molecule has 80 heavy (non-hydrogen) atoms. The molecule has 0 fully saturated rings. The van der Waals surface area contributed by atoms with Crippen molar-refractivity contribution in [3.8, 4) is 35.2 Å². The molecule has 0 aliphatic carbocycles. The summed E-state index contributed by atoms with van der Waals surface area (Å²) in [5.41, 5.74) is -5.25. The first kappa shape index (κ1) is 67.9. The second-order valence-electron chi connectivity index (χ2n) is 19.3. The Morgan fingerprint density at radius 3 is 1.05 bits per heavy atom. The topological polar surface area (TPSA) is 123 Å². The summed E-state index contributed by atoms with van der Waals surface area (Å²) in [6.07, 6.45) is -18.6. The number of aryl methyl sites for hydroxylation is 4. The molecule has 8 nitrogen and oxygen atoms in total. The number of hydrogen-bond donors (Lipinski definition) is 3. The fourth-order valence-corrected chi connectivity index (χ4v) is 9.16. The molecule has 0 amide bonds. The van der Waals surface area contributed by atoms with Gasteiger partial charge in [0.25, 0.3) is 0 Å². The van der Waals surface area contributed by atoms with Crippen molar-refractivity contribution in [2.45, 2.75) is 173 Å². The number of carbonyl (C=O) groups excluding carboxylic acids is 1. The minimum Gasteiger partial charge on any atom is -0.493 e. The van der Waals surface area contributed by atoms with Crippen molar-refractivity contribution in [1.29, 1.82) is 0 Å². The fourth-order valence-electron chi connectivity index (χ4n) is 9.16. The number of rotatable bonds is 21. The van der Waals surface area contributed by atoms with E-state index in [2.05, 4.69) is 0 Å². The molecule has 4 rings (SSSR count). The molecule has 0 aromatic heterocycles. The van der Waals surface area contributed by atoms with Crippen molar-refractivity contribution in [3.63, 3.8) is 0 Å². The number of aliphatic carboxylic acids is 1. The van der Waals surface area contributed by atoms with E-state index in [1.165, 1.54) is 19.1 Å². The minimum absolute atomic E-state index is 0.0512. The number of ether oxygens (including phenoxy) is 3. The van der Waals surface area contributed by atoms with E-state index < -0.39 is 52.7 Å². The Balaban J connectivity index is 0.000000421. The van der Waals surface area contributed by atoms with Gasteiger partial charge < -0.3 is 29.5 Å². The number of carboxylic acids is 1. The van der Waals surface area contributed by atoms with Crippen molar-refractivity contribution in [2.75, 3.05) is 19.8 Å². The van der Waals surface area contributed by atoms with Gasteiger partial charge in [0.2, 0.25) is 0 Å². The summed E-state index contributed by atoms with van der Waals surface area (Å²) < 4.78 is 173. The van der Waals surface area contributed by atoms with Crippen molar-refractivity contribution in [1.82, 2.24) is 0 Å². The third kappa shape index (κ3) is 16.2. The Morgan fingerprint density at radius 1 is 0.463 bits per heavy atom. The molecule has 0 spiro atoms. The lowest BCUT2D eigenvalue weighted by Gasteiger charge is -2.34. The van der Waals surface area contributed by atoms with Gasteiger partial charge in [-0.2, -0.15) is 52.7 Å². The molecule has 440 valence electrons. The van der Waals surface area contributed by atoms with Crippen LogP contribution in [-0.4, -0.2) is 83.0 Å². The van der Waals surface area contributed by atoms with Gasteiger partial charge in [-0.15, -0.1) is 0 Å². The van der Waals surface area contributed by atoms with Crippen LogP contribution in [0.5, 0.6) is 11.5 Å². The van der Waals surface area contributed by atoms with Crippen LogP contribution < -0.4 is 9.47 Å². The average molecular weight is 1150 g/mol. The second-order valence-corrected chi connectivity index (χ2v) is 19.3. The Bertz CT molecular complexity index is 2820. The van der Waals surface area contributed by atoms with E-state index in [-0.39, 0.29) is 23.5 Å². The number of carboxylic acid groups (broad SMARTS) is 1. The van der Waals surface area contributed by atoms with Crippen LogP contribution >= 0.6 is 0 Å². The lowest BCUT2D eigenvalue weighted by molar-refractivity contribution is -0.344. The van der Waals surface area contributed by atoms with Crippen molar-refractivity contribution < 1.29 is 91.8 Å². The highest BCUT2D eigenvalue weighted by Crippen LogP contribution is 2.46. The zero-order valence-corrected chi connectivity index (χ0v) is 46.0. The van der Waals surface area contributed by atoms with E-state index >= 15 is 0 Å². The number of esters is 1. The van der Waals surface area contributed by atoms with Gasteiger partial charge in [0, 0.05) is 34.8 Å². The van der Waals surface area contributed by atoms with Crippen molar-refractivity contribution >= 4 is 11.9 Å². The average Bonchev–Trinajstić information content (AvgIpc) is 3.36. The van der Waals surface area contributed by atoms with E-state index in [0.29, 0.717) is 100 Å². The third-order valence-electron chi connectivity index (χ3n) is 14.2. The minimum atomic E-state index is -6.02. The molecular weight excluding hydrogens is 1080 g/mol. The standard InChI is InChI=1S/C31H36F6O4.C29H32F6O4/c1-6-28(7-2,25-14-15-26(22(5)20-25)41-18-10-9-11-27(38)40-8-3)24-13-12-23(21(4)19-24)16-17-29(39,30(32,33)34)31(35,36)37;1-5-26(6-2,23-12-13-24(20(4)18-23)39-16-8-7-9-25(36)37)22-11-10-21(19(3)17-22)14-15-27(38,28(30,31)32)29(33,34)35/h12-15,19-20,39H,6-11,18H2,1-5H3;10-13,17-18,38H,5-9,16H2,1-4H3,(H,36,37). The van der Waals surface area contributed by atoms with Crippen molar-refractivity contribution in [3.05, 3.63) is 128 Å². The first-order valence-corrected chi connectivity index (χ1v) is 25.9. The third-order valence-corrected chi connectivity index (χ3v) is 14.2. The molecule has 4 aromatic carbocycles. The highest BCUT2D eigenvalue weighted by molar-refractivity contribution is 5.69. The van der Waals surface area contributed by atoms with Crippen LogP contribution in [0.2, 0.25) is 0 Å². The molecule has 0 aliphatic rings. The SMILES string of the molecule is CCC(CC)(c1ccc(C#CC(O)(C(F)(F)F)C(F)(F)F)c(C)c1)c1ccc(OCCCCC(=O)O)c(C)c1.CCOC(=O)CCCCOc1ccc(C(CC)(CC)c2ccc(C#CC(O)(C(F)(F)F)C(F)(F)F)c(C)c2)cc1C. The fraction of sp³-hybridized carbons (Fsp3) is 0.500. The van der Waals surface area contributed by atoms with Gasteiger partial charge in [0.1, 0.15) is 11.5 Å². The predicted molar refractivity (Wildman–Crippen MR) is 278 cm³/mol. The number of unbranched alkanes of at least 4 members (excludes halogenated alkanes) is 2. The molecule has 0 aliphatic heterocycles. The van der Waals surface area contributed by atoms with Gasteiger partial charge >= 0.3 is 47.8 Å². The molecule has 0 saturated carbocycles. The van der Waals surface area contributed by atoms with Crippen LogP contribution in [0.1, 0.15) is 154 Å². The Morgan fingerprint density at radius 2 is 0.775 bits per heavy atom. The molecule has 0 unspecified atom stereocenters. The first-order valence-electron chi connectivity index (χ1n) is 25.9. The van der Waals surface area contributed by atoms with Gasteiger partial charge in [-0.3, -0.25) is 9.59 Å². The quantitative estimate of drug-likeness (QED) is 0.0326. The Kier molecular flexibility index (Phi) is 23.6. The summed E-state index contributed by atoms with van der Waals surface area (Å²) in [6, 6.07) is 21.0. The molecule has 0 saturated heterocycles. The number of carbonyl (C=O) groups is 2. The van der Waals surface area contributed by atoms with Crippen LogP contribution in [0.15, 0.2) is 72.8 Å². The number of benzene rings is 4. The van der Waals surface area contributed by atoms with E-state index in [0.717, 1.165) is 45.2 Å². The molecule has 3 N–H and O–H groups in total. The highest BCUT2D eigenvalue weighted by Gasteiger charge is 2.71. The monoisotopic (exact) mass is 1140 g/mol. The highest BCUT2D eigenvalue weighted by atomic mass is 19.4. The normalized spacial score (nSPS) is 12.5. The molecule has 4 aromatic rings. The lowest BCUT2D eigenvalue weighted by atomic mass is 9.70. The van der Waals surface area contributed by atoms with Gasteiger partial charge in [0.05, 0.1) is 19.8 Å². The van der Waals surface area contributed by atoms with E-state index in [1.54, 1.807) is 38.1 Å². The summed E-state index contributed by atoms with van der Waals surface area (Å²) in [5, 5.41) is 27.4. The molecule has 0 heterocycles. The molecule has 0 atom stereocenters. The van der Waals surface area contributed by atoms with Crippen LogP contribution in [-0.2, 0) is 25.2 Å². The largest absolute Gasteiger partial charge is 0.493 e.